The maximum Gasteiger partial charge on any atom is 0.159 e. The lowest BCUT2D eigenvalue weighted by molar-refractivity contribution is -0.163. The molecule has 1 aromatic carbocycles. The van der Waals surface area contributed by atoms with Gasteiger partial charge in [-0.15, -0.1) is 0 Å². The highest BCUT2D eigenvalue weighted by Gasteiger charge is 2.16. The Morgan fingerprint density at radius 1 is 1.21 bits per heavy atom. The van der Waals surface area contributed by atoms with Crippen LogP contribution < -0.4 is 0 Å². The number of aliphatic hydroxyl groups is 1. The van der Waals surface area contributed by atoms with Gasteiger partial charge in [0.25, 0.3) is 0 Å². The molecular weight excluding hydrogens is 176 g/mol. The molecule has 0 bridgehead atoms. The molecule has 0 fully saturated rings. The molecule has 1 unspecified atom stereocenters. The van der Waals surface area contributed by atoms with Crippen molar-refractivity contribution in [3.8, 4) is 0 Å². The molecule has 0 aromatic heterocycles. The molecule has 0 amide bonds. The molecule has 0 heterocycles. The van der Waals surface area contributed by atoms with Crippen LogP contribution >= 0.6 is 0 Å². The van der Waals surface area contributed by atoms with Crippen LogP contribution in [0.1, 0.15) is 26.3 Å². The van der Waals surface area contributed by atoms with E-state index in [0.717, 1.165) is 5.56 Å². The number of aliphatic hydroxyl groups excluding tert-OH is 1. The fraction of sp³-hybridized carbons (Fsp3) is 0.500. The van der Waals surface area contributed by atoms with E-state index in [2.05, 4.69) is 0 Å². The number of hydrogen-bond acceptors (Lipinski definition) is 2. The van der Waals surface area contributed by atoms with E-state index in [-0.39, 0.29) is 5.60 Å². The molecule has 0 spiro atoms. The van der Waals surface area contributed by atoms with Crippen molar-refractivity contribution in [2.24, 2.45) is 0 Å². The minimum absolute atomic E-state index is 0.297. The van der Waals surface area contributed by atoms with Gasteiger partial charge >= 0.3 is 0 Å². The van der Waals surface area contributed by atoms with Gasteiger partial charge in [0.1, 0.15) is 0 Å². The first kappa shape index (κ1) is 11.2. The third kappa shape index (κ3) is 4.40. The molecule has 0 saturated carbocycles. The van der Waals surface area contributed by atoms with Gasteiger partial charge in [0.2, 0.25) is 0 Å². The third-order valence-corrected chi connectivity index (χ3v) is 1.74. The predicted molar refractivity (Wildman–Crippen MR) is 57.0 cm³/mol. The first-order valence-corrected chi connectivity index (χ1v) is 4.87. The third-order valence-electron chi connectivity index (χ3n) is 1.74. The van der Waals surface area contributed by atoms with Crippen molar-refractivity contribution in [1.29, 1.82) is 0 Å². The molecule has 78 valence electrons. The van der Waals surface area contributed by atoms with E-state index < -0.39 is 6.29 Å². The summed E-state index contributed by atoms with van der Waals surface area (Å²) in [5.41, 5.74) is 0.790. The zero-order valence-corrected chi connectivity index (χ0v) is 9.03. The van der Waals surface area contributed by atoms with Gasteiger partial charge in [-0.1, -0.05) is 30.3 Å². The second-order valence-corrected chi connectivity index (χ2v) is 4.37. The summed E-state index contributed by atoms with van der Waals surface area (Å²) in [6.45, 7) is 5.80. The van der Waals surface area contributed by atoms with Crippen molar-refractivity contribution in [2.75, 3.05) is 0 Å². The fourth-order valence-electron chi connectivity index (χ4n) is 1.27. The van der Waals surface area contributed by atoms with Crippen LogP contribution in [0.25, 0.3) is 0 Å². The molecule has 0 aliphatic heterocycles. The van der Waals surface area contributed by atoms with E-state index in [4.69, 9.17) is 4.74 Å². The molecule has 1 atom stereocenters. The lowest BCUT2D eigenvalue weighted by Gasteiger charge is -2.23. The Labute approximate surface area is 85.5 Å². The molecule has 2 heteroatoms. The minimum atomic E-state index is -0.725. The Bertz CT molecular complexity index is 261. The van der Waals surface area contributed by atoms with Crippen LogP contribution in [0.3, 0.4) is 0 Å². The lowest BCUT2D eigenvalue weighted by atomic mass is 10.1. The molecule has 0 aliphatic carbocycles. The average molecular weight is 194 g/mol. The van der Waals surface area contributed by atoms with Crippen molar-refractivity contribution in [3.63, 3.8) is 0 Å². The van der Waals surface area contributed by atoms with Crippen LogP contribution in [0.5, 0.6) is 0 Å². The molecule has 2 nitrogen and oxygen atoms in total. The molecule has 1 aromatic rings. The topological polar surface area (TPSA) is 29.5 Å². The smallest absolute Gasteiger partial charge is 0.159 e. The van der Waals surface area contributed by atoms with Gasteiger partial charge in [-0.3, -0.25) is 0 Å². The zero-order chi connectivity index (χ0) is 10.6. The van der Waals surface area contributed by atoms with E-state index in [1.807, 2.05) is 51.1 Å². The Morgan fingerprint density at radius 3 is 2.29 bits per heavy atom. The van der Waals surface area contributed by atoms with Gasteiger partial charge in [-0.05, 0) is 26.3 Å². The normalized spacial score (nSPS) is 14.0. The monoisotopic (exact) mass is 194 g/mol. The first-order chi connectivity index (χ1) is 6.47. The van der Waals surface area contributed by atoms with Gasteiger partial charge in [0.05, 0.1) is 5.60 Å². The summed E-state index contributed by atoms with van der Waals surface area (Å²) in [5.74, 6) is 0. The number of hydrogen-bond donors (Lipinski definition) is 1. The summed E-state index contributed by atoms with van der Waals surface area (Å²) in [4.78, 5) is 0. The Balaban J connectivity index is 2.46. The second kappa shape index (κ2) is 4.58. The van der Waals surface area contributed by atoms with E-state index in [1.54, 1.807) is 0 Å². The van der Waals surface area contributed by atoms with E-state index in [0.29, 0.717) is 6.42 Å². The maximum absolute atomic E-state index is 9.62. The van der Waals surface area contributed by atoms with E-state index >= 15 is 0 Å². The van der Waals surface area contributed by atoms with Crippen LogP contribution in [-0.4, -0.2) is 17.0 Å². The van der Waals surface area contributed by atoms with Crippen LogP contribution in [0.4, 0.5) is 0 Å². The van der Waals surface area contributed by atoms with Crippen molar-refractivity contribution >= 4 is 0 Å². The molecule has 0 saturated heterocycles. The maximum atomic E-state index is 9.62. The Kier molecular flexibility index (Phi) is 3.67. The van der Waals surface area contributed by atoms with Crippen LogP contribution in [0, 0.1) is 0 Å². The van der Waals surface area contributed by atoms with E-state index in [1.165, 1.54) is 0 Å². The summed E-state index contributed by atoms with van der Waals surface area (Å²) in [7, 11) is 0. The highest BCUT2D eigenvalue weighted by atomic mass is 16.6. The van der Waals surface area contributed by atoms with Gasteiger partial charge in [-0.2, -0.15) is 0 Å². The predicted octanol–water partition coefficient (Wildman–Crippen LogP) is 2.36. The number of benzene rings is 1. The second-order valence-electron chi connectivity index (χ2n) is 4.37. The quantitative estimate of drug-likeness (QED) is 0.748. The SMILES string of the molecule is CC(C)(C)OC(O)Cc1ccccc1. The molecule has 0 aliphatic rings. The van der Waals surface area contributed by atoms with Crippen molar-refractivity contribution in [2.45, 2.75) is 39.1 Å². The lowest BCUT2D eigenvalue weighted by Crippen LogP contribution is -2.28. The van der Waals surface area contributed by atoms with Crippen molar-refractivity contribution < 1.29 is 9.84 Å². The summed E-state index contributed by atoms with van der Waals surface area (Å²) in [6.07, 6.45) is -0.185. The highest BCUT2D eigenvalue weighted by molar-refractivity contribution is 5.14. The summed E-state index contributed by atoms with van der Waals surface area (Å²) >= 11 is 0. The Hall–Kier alpha value is -0.860. The number of rotatable bonds is 3. The summed E-state index contributed by atoms with van der Waals surface area (Å²) in [6, 6.07) is 9.84. The molecule has 14 heavy (non-hydrogen) atoms. The molecular formula is C12H18O2. The molecule has 1 rings (SSSR count). The standard InChI is InChI=1S/C12H18O2/c1-12(2,3)14-11(13)9-10-7-5-4-6-8-10/h4-8,11,13H,9H2,1-3H3. The van der Waals surface area contributed by atoms with Crippen LogP contribution in [-0.2, 0) is 11.2 Å². The zero-order valence-electron chi connectivity index (χ0n) is 9.03. The summed E-state index contributed by atoms with van der Waals surface area (Å²) < 4.78 is 5.40. The minimum Gasteiger partial charge on any atom is -0.368 e. The first-order valence-electron chi connectivity index (χ1n) is 4.87. The molecule has 0 radical (unpaired) electrons. The largest absolute Gasteiger partial charge is 0.368 e. The van der Waals surface area contributed by atoms with E-state index in [9.17, 15) is 5.11 Å². The van der Waals surface area contributed by atoms with Crippen LogP contribution in [0.15, 0.2) is 30.3 Å². The highest BCUT2D eigenvalue weighted by Crippen LogP contribution is 2.12. The van der Waals surface area contributed by atoms with Crippen molar-refractivity contribution in [1.82, 2.24) is 0 Å². The van der Waals surface area contributed by atoms with Gasteiger partial charge in [0, 0.05) is 6.42 Å². The molecule has 1 N–H and O–H groups in total. The van der Waals surface area contributed by atoms with Crippen molar-refractivity contribution in [3.05, 3.63) is 35.9 Å². The fourth-order valence-corrected chi connectivity index (χ4v) is 1.27. The van der Waals surface area contributed by atoms with Gasteiger partial charge in [0.15, 0.2) is 6.29 Å². The summed E-state index contributed by atoms with van der Waals surface area (Å²) in [5, 5.41) is 9.62. The van der Waals surface area contributed by atoms with Crippen LogP contribution in [0.2, 0.25) is 0 Å². The Morgan fingerprint density at radius 2 is 1.79 bits per heavy atom. The number of ether oxygens (including phenoxy) is 1. The average Bonchev–Trinajstić information content (AvgIpc) is 2.02. The van der Waals surface area contributed by atoms with Gasteiger partial charge < -0.3 is 9.84 Å². The van der Waals surface area contributed by atoms with Gasteiger partial charge in [-0.25, -0.2) is 0 Å².